The first-order valence-corrected chi connectivity index (χ1v) is 12.6. The van der Waals surface area contributed by atoms with Crippen LogP contribution in [-0.4, -0.2) is 15.1 Å². The number of para-hydroxylation sites is 2. The van der Waals surface area contributed by atoms with Crippen LogP contribution in [0.15, 0.2) is 115 Å². The number of aromatic nitrogens is 2. The van der Waals surface area contributed by atoms with E-state index in [9.17, 15) is 5.11 Å². The van der Waals surface area contributed by atoms with Crippen molar-refractivity contribution >= 4 is 43.1 Å². The van der Waals surface area contributed by atoms with Crippen molar-refractivity contribution in [3.8, 4) is 38.7 Å². The summed E-state index contributed by atoms with van der Waals surface area (Å²) in [5.74, 6) is 0.243. The highest BCUT2D eigenvalue weighted by atomic mass is 32.1. The van der Waals surface area contributed by atoms with Gasteiger partial charge in [-0.05, 0) is 58.1 Å². The number of rotatable bonds is 3. The van der Waals surface area contributed by atoms with Gasteiger partial charge in [-0.1, -0.05) is 72.8 Å². The van der Waals surface area contributed by atoms with Crippen LogP contribution in [0.1, 0.15) is 0 Å². The molecule has 36 heavy (non-hydrogen) atoms. The maximum atomic E-state index is 10.4. The number of benzene rings is 5. The SMILES string of the molecule is Oc1ccccc1-c1nc2c(-c3cc(-c4nccc5ccccc45)cc4ccccc34)cccc2s1. The Morgan fingerprint density at radius 2 is 1.36 bits per heavy atom. The van der Waals surface area contributed by atoms with Crippen LogP contribution in [-0.2, 0) is 0 Å². The molecule has 0 unspecified atom stereocenters. The smallest absolute Gasteiger partial charge is 0.128 e. The molecule has 0 atom stereocenters. The molecular weight excluding hydrogens is 460 g/mol. The molecule has 170 valence electrons. The van der Waals surface area contributed by atoms with Crippen LogP contribution in [0, 0.1) is 0 Å². The second kappa shape index (κ2) is 8.29. The van der Waals surface area contributed by atoms with Gasteiger partial charge in [-0.15, -0.1) is 11.3 Å². The van der Waals surface area contributed by atoms with Gasteiger partial charge in [0.25, 0.3) is 0 Å². The highest BCUT2D eigenvalue weighted by molar-refractivity contribution is 7.21. The van der Waals surface area contributed by atoms with Gasteiger partial charge in [-0.25, -0.2) is 4.98 Å². The van der Waals surface area contributed by atoms with Gasteiger partial charge < -0.3 is 5.11 Å². The Kier molecular flexibility index (Phi) is 4.79. The van der Waals surface area contributed by atoms with E-state index in [0.29, 0.717) is 0 Å². The number of phenolic OH excluding ortho intramolecular Hbond substituents is 1. The molecule has 7 aromatic rings. The first kappa shape index (κ1) is 20.8. The number of thiazole rings is 1. The van der Waals surface area contributed by atoms with Crippen LogP contribution in [0.5, 0.6) is 5.75 Å². The van der Waals surface area contributed by atoms with Crippen molar-refractivity contribution in [1.29, 1.82) is 0 Å². The summed E-state index contributed by atoms with van der Waals surface area (Å²) in [7, 11) is 0. The van der Waals surface area contributed by atoms with Gasteiger partial charge in [0.05, 0.1) is 21.5 Å². The van der Waals surface area contributed by atoms with E-state index in [0.717, 1.165) is 53.9 Å². The average molecular weight is 481 g/mol. The quantitative estimate of drug-likeness (QED) is 0.275. The number of aromatic hydroxyl groups is 1. The van der Waals surface area contributed by atoms with Crippen molar-refractivity contribution in [3.63, 3.8) is 0 Å². The lowest BCUT2D eigenvalue weighted by atomic mass is 9.93. The van der Waals surface area contributed by atoms with E-state index in [-0.39, 0.29) is 5.75 Å². The molecule has 4 heteroatoms. The predicted octanol–water partition coefficient (Wildman–Crippen LogP) is 8.70. The van der Waals surface area contributed by atoms with Gasteiger partial charge in [-0.2, -0.15) is 0 Å². The summed E-state index contributed by atoms with van der Waals surface area (Å²) in [6, 6.07) is 37.1. The van der Waals surface area contributed by atoms with Crippen LogP contribution in [0.2, 0.25) is 0 Å². The minimum atomic E-state index is 0.243. The molecule has 2 aromatic heterocycles. The molecular formula is C32H20N2OS. The molecule has 0 amide bonds. The molecule has 1 N–H and O–H groups in total. The van der Waals surface area contributed by atoms with E-state index in [4.69, 9.17) is 9.97 Å². The highest BCUT2D eigenvalue weighted by Crippen LogP contribution is 2.41. The third-order valence-electron chi connectivity index (χ3n) is 6.65. The van der Waals surface area contributed by atoms with Crippen molar-refractivity contribution in [1.82, 2.24) is 9.97 Å². The number of phenols is 1. The molecule has 0 aliphatic carbocycles. The number of hydrogen-bond acceptors (Lipinski definition) is 4. The van der Waals surface area contributed by atoms with Crippen LogP contribution in [0.4, 0.5) is 0 Å². The molecule has 0 saturated heterocycles. The lowest BCUT2D eigenvalue weighted by Crippen LogP contribution is -1.90. The van der Waals surface area contributed by atoms with Gasteiger partial charge in [0.15, 0.2) is 0 Å². The normalized spacial score (nSPS) is 11.4. The largest absolute Gasteiger partial charge is 0.507 e. The summed E-state index contributed by atoms with van der Waals surface area (Å²) >= 11 is 1.60. The van der Waals surface area contributed by atoms with E-state index in [1.807, 2.05) is 24.4 Å². The Hall–Kier alpha value is -4.54. The highest BCUT2D eigenvalue weighted by Gasteiger charge is 2.16. The lowest BCUT2D eigenvalue weighted by Gasteiger charge is -2.13. The molecule has 7 rings (SSSR count). The van der Waals surface area contributed by atoms with Crippen LogP contribution >= 0.6 is 11.3 Å². The number of nitrogens with zero attached hydrogens (tertiary/aromatic N) is 2. The van der Waals surface area contributed by atoms with E-state index in [1.165, 1.54) is 10.8 Å². The average Bonchev–Trinajstić information content (AvgIpc) is 3.37. The third kappa shape index (κ3) is 3.35. The van der Waals surface area contributed by atoms with Gasteiger partial charge in [-0.3, -0.25) is 4.98 Å². The van der Waals surface area contributed by atoms with Gasteiger partial charge in [0.1, 0.15) is 10.8 Å². The fourth-order valence-corrected chi connectivity index (χ4v) is 5.98. The van der Waals surface area contributed by atoms with Crippen molar-refractivity contribution in [2.45, 2.75) is 0 Å². The Morgan fingerprint density at radius 1 is 0.611 bits per heavy atom. The first-order valence-electron chi connectivity index (χ1n) is 11.8. The minimum Gasteiger partial charge on any atom is -0.507 e. The molecule has 5 aromatic carbocycles. The Labute approximate surface area is 212 Å². The molecule has 0 fully saturated rings. The first-order chi connectivity index (χ1) is 17.8. The van der Waals surface area contributed by atoms with E-state index >= 15 is 0 Å². The lowest BCUT2D eigenvalue weighted by molar-refractivity contribution is 0.477. The minimum absolute atomic E-state index is 0.243. The van der Waals surface area contributed by atoms with Crippen molar-refractivity contribution in [2.24, 2.45) is 0 Å². The summed E-state index contributed by atoms with van der Waals surface area (Å²) in [5.41, 5.74) is 5.94. The Bertz CT molecular complexity index is 1920. The number of pyridine rings is 1. The van der Waals surface area contributed by atoms with Crippen molar-refractivity contribution in [3.05, 3.63) is 115 Å². The number of hydrogen-bond donors (Lipinski definition) is 1. The fraction of sp³-hybridized carbons (Fsp3) is 0. The number of fused-ring (bicyclic) bond motifs is 3. The fourth-order valence-electron chi connectivity index (χ4n) is 4.96. The van der Waals surface area contributed by atoms with E-state index in [1.54, 1.807) is 17.4 Å². The summed E-state index contributed by atoms with van der Waals surface area (Å²) in [5, 5.41) is 15.9. The second-order valence-corrected chi connectivity index (χ2v) is 9.84. The van der Waals surface area contributed by atoms with Crippen LogP contribution in [0.25, 0.3) is 64.7 Å². The third-order valence-corrected chi connectivity index (χ3v) is 7.71. The molecule has 0 aliphatic rings. The molecule has 0 saturated carbocycles. The maximum Gasteiger partial charge on any atom is 0.128 e. The topological polar surface area (TPSA) is 46.0 Å². The second-order valence-electron chi connectivity index (χ2n) is 8.81. The summed E-state index contributed by atoms with van der Waals surface area (Å²) in [6.45, 7) is 0. The zero-order chi connectivity index (χ0) is 24.1. The zero-order valence-electron chi connectivity index (χ0n) is 19.2. The van der Waals surface area contributed by atoms with Crippen molar-refractivity contribution in [2.75, 3.05) is 0 Å². The molecule has 0 aliphatic heterocycles. The predicted molar refractivity (Wildman–Crippen MR) is 150 cm³/mol. The molecule has 2 heterocycles. The van der Waals surface area contributed by atoms with Gasteiger partial charge >= 0.3 is 0 Å². The van der Waals surface area contributed by atoms with Gasteiger partial charge in [0.2, 0.25) is 0 Å². The van der Waals surface area contributed by atoms with Crippen LogP contribution < -0.4 is 0 Å². The molecule has 0 radical (unpaired) electrons. The summed E-state index contributed by atoms with van der Waals surface area (Å²) in [4.78, 5) is 9.82. The summed E-state index contributed by atoms with van der Waals surface area (Å²) in [6.07, 6.45) is 1.88. The molecule has 3 nitrogen and oxygen atoms in total. The molecule has 0 spiro atoms. The summed E-state index contributed by atoms with van der Waals surface area (Å²) < 4.78 is 1.09. The monoisotopic (exact) mass is 480 g/mol. The van der Waals surface area contributed by atoms with E-state index < -0.39 is 0 Å². The Balaban J connectivity index is 1.50. The van der Waals surface area contributed by atoms with Crippen molar-refractivity contribution < 1.29 is 5.11 Å². The standard InChI is InChI=1S/C32H20N2OS/c35-28-14-6-5-12-26(28)32-34-31-25(13-7-15-29(31)36-32)27-19-22(18-21-9-2-3-10-23(21)27)30-24-11-4-1-8-20(24)16-17-33-30/h1-19,35H. The molecule has 0 bridgehead atoms. The Morgan fingerprint density at radius 3 is 2.25 bits per heavy atom. The zero-order valence-corrected chi connectivity index (χ0v) is 20.0. The maximum absolute atomic E-state index is 10.4. The van der Waals surface area contributed by atoms with Gasteiger partial charge in [0, 0.05) is 22.7 Å². The van der Waals surface area contributed by atoms with E-state index in [2.05, 4.69) is 84.9 Å². The van der Waals surface area contributed by atoms with Crippen LogP contribution in [0.3, 0.4) is 0 Å².